The van der Waals surface area contributed by atoms with E-state index in [9.17, 15) is 19.5 Å². The number of carbonyl (C=O) groups is 3. The summed E-state index contributed by atoms with van der Waals surface area (Å²) in [6.07, 6.45) is 25.0. The summed E-state index contributed by atoms with van der Waals surface area (Å²) in [4.78, 5) is 72.9. The van der Waals surface area contributed by atoms with Crippen molar-refractivity contribution in [1.82, 2.24) is 44.9 Å². The van der Waals surface area contributed by atoms with Gasteiger partial charge in [-0.2, -0.15) is 39.2 Å². The van der Waals surface area contributed by atoms with Crippen LogP contribution in [0.1, 0.15) is 60.8 Å². The van der Waals surface area contributed by atoms with E-state index >= 15 is 0 Å². The van der Waals surface area contributed by atoms with Gasteiger partial charge < -0.3 is 154 Å². The van der Waals surface area contributed by atoms with Crippen molar-refractivity contribution in [2.24, 2.45) is 0 Å². The molecule has 0 bridgehead atoms. The van der Waals surface area contributed by atoms with Crippen molar-refractivity contribution in [3.8, 4) is 100 Å². The monoisotopic (exact) mass is 2230 g/mol. The maximum atomic E-state index is 11.5. The molecule has 0 amide bonds. The Morgan fingerprint density at radius 2 is 0.536 bits per heavy atom. The molecule has 12 heterocycles. The third-order valence-electron chi connectivity index (χ3n) is 11.8. The Morgan fingerprint density at radius 3 is 0.776 bits per heavy atom. The molecule has 12 rings (SSSR count). The second-order valence-corrected chi connectivity index (χ2v) is 20.6. The van der Waals surface area contributed by atoms with Crippen LogP contribution in [0, 0.1) is 85.3 Å². The molecule has 0 spiro atoms. The molecule has 3 aliphatic heterocycles. The van der Waals surface area contributed by atoms with Crippen LogP contribution >= 0.6 is 48.9 Å². The van der Waals surface area contributed by atoms with Gasteiger partial charge in [0.1, 0.15) is 20.5 Å². The van der Waals surface area contributed by atoms with Crippen LogP contribution < -0.4 is 16.8 Å². The Labute approximate surface area is 844 Å². The molecule has 3 aliphatic rings. The fraction of sp³-hybridized carbons (Fsp3) is 0.0526. The van der Waals surface area contributed by atoms with E-state index in [1.54, 1.807) is 24.8 Å². The first kappa shape index (κ1) is 139. The molecule has 0 fully saturated rings. The van der Waals surface area contributed by atoms with Crippen LogP contribution in [0.4, 0.5) is 0 Å². The number of carboxylic acids is 3. The van der Waals surface area contributed by atoms with Gasteiger partial charge in [0.2, 0.25) is 0 Å². The predicted molar refractivity (Wildman–Crippen MR) is 510 cm³/mol. The molecule has 0 aliphatic carbocycles. The van der Waals surface area contributed by atoms with E-state index in [0.29, 0.717) is 0 Å². The molecule has 3 radical (unpaired) electrons. The van der Waals surface area contributed by atoms with Crippen molar-refractivity contribution in [3.63, 3.8) is 0 Å². The van der Waals surface area contributed by atoms with E-state index in [2.05, 4.69) is 210 Å². The molecular formula is C76H60B3N24O6Ru4S12. The summed E-state index contributed by atoms with van der Waals surface area (Å²) in [5.74, 6) is 2.56. The number of nitrogens with zero attached hydrogens (tertiary/aromatic N) is 24. The zero-order valence-electron chi connectivity index (χ0n) is 60.5. The van der Waals surface area contributed by atoms with E-state index in [0.717, 1.165) is 50.9 Å². The summed E-state index contributed by atoms with van der Waals surface area (Å²) in [5.41, 5.74) is 8.47. The Balaban J connectivity index is -0.000000119. The molecule has 30 nitrogen and oxygen atoms in total. The largest absolute Gasteiger partial charge is 5.00 e. The van der Waals surface area contributed by atoms with Gasteiger partial charge >= 0.3 is 95.8 Å². The van der Waals surface area contributed by atoms with Gasteiger partial charge in [-0.25, -0.2) is 66.4 Å². The summed E-state index contributed by atoms with van der Waals surface area (Å²) < 4.78 is 0. The summed E-state index contributed by atoms with van der Waals surface area (Å²) in [7, 11) is 0. The molecule has 9 aromatic rings. The Morgan fingerprint density at radius 1 is 0.320 bits per heavy atom. The number of thiocarbonyl (C=S) groups is 4. The minimum atomic E-state index is -1.23. The smallest absolute Gasteiger partial charge is 0.753 e. The standard InChI is InChI=1S/C18H11N3O6.C15H11N3.C14H11BN3.C13H11B2N3.8CHNS.4CNS.4CH4.4Ru/c22-16(23)9-1-3-19-12(5-9)14-7-11(18(26)27)8-15(21-14)13-6-10(17(24)25)2-4-20-13;1-3-10-16-12(6-1)14-8-5-9-15(18-14)13-7-2-4-11-17-13;1-3-10-16-12(6-1)13-7-5-8-14(18-13)15-9-2-4-11-17-15;1-3-10-16-14(8-1)12-6-5-7-13(18-12)15-9-2-4-11-17-15;12*2-1-3;;;;;;;;/h1-8H,(H,22,23)(H,24,25)(H,26,27);3*1-11H;8*3H;;;;;4*1H4;;;;/q;;-1;-2;;;;;;;;;4*-1;;;;;2*+3;+4;+5/p-8. The quantitative estimate of drug-likeness (QED) is 0.0356. The number of thiocyanates is 8. The van der Waals surface area contributed by atoms with Gasteiger partial charge in [-0.15, -0.1) is 17.9 Å². The Hall–Kier alpha value is -11.8. The number of aromatic nitrogens is 9. The number of hydrogen-bond acceptors (Lipinski definition) is 32. The molecule has 0 unspecified atom stereocenters. The Kier molecular flexibility index (Phi) is 109. The first-order valence-electron chi connectivity index (χ1n) is 30.2. The normalized spacial score (nSPS) is 8.75. The summed E-state index contributed by atoms with van der Waals surface area (Å²) in [5, 5.41) is 142. The molecule has 0 saturated heterocycles. The molecule has 3 N–H and O–H groups in total. The van der Waals surface area contributed by atoms with Crippen molar-refractivity contribution in [2.45, 2.75) is 29.7 Å². The van der Waals surface area contributed by atoms with Crippen LogP contribution in [0.3, 0.4) is 0 Å². The van der Waals surface area contributed by atoms with Crippen molar-refractivity contribution < 1.29 is 108 Å². The fourth-order valence-electron chi connectivity index (χ4n) is 7.90. The molecule has 0 aromatic carbocycles. The van der Waals surface area contributed by atoms with Crippen molar-refractivity contribution in [1.29, 1.82) is 42.1 Å². The summed E-state index contributed by atoms with van der Waals surface area (Å²) in [6.45, 7) is 0.0646. The van der Waals surface area contributed by atoms with Crippen LogP contribution in [0.15, 0.2) is 250 Å². The molecule has 0 saturated carbocycles. The average Bonchev–Trinajstić information content (AvgIpc) is 0.787. The molecule has 9 aromatic heterocycles. The van der Waals surface area contributed by atoms with Crippen LogP contribution in [0.5, 0.6) is 0 Å². The van der Waals surface area contributed by atoms with Gasteiger partial charge in [-0.1, -0.05) is 213 Å². The van der Waals surface area contributed by atoms with Crippen LogP contribution in [0.2, 0.25) is 0 Å². The van der Waals surface area contributed by atoms with Crippen molar-refractivity contribution in [2.75, 3.05) is 0 Å². The van der Waals surface area contributed by atoms with Crippen molar-refractivity contribution in [3.05, 3.63) is 304 Å². The van der Waals surface area contributed by atoms with Crippen molar-refractivity contribution >= 4 is 226 Å². The second kappa shape index (κ2) is 97.6. The first-order valence-corrected chi connectivity index (χ1v) is 35.1. The zero-order valence-corrected chi connectivity index (χ0v) is 77.3. The number of carboxylic acid groups (broad SMARTS) is 3. The predicted octanol–water partition coefficient (Wildman–Crippen LogP) is 14.6. The number of aromatic carboxylic acids is 3. The minimum absolute atomic E-state index is 0. The maximum absolute atomic E-state index is 11.5. The van der Waals surface area contributed by atoms with Gasteiger partial charge in [0.25, 0.3) is 0 Å². The van der Waals surface area contributed by atoms with Gasteiger partial charge in [-0.05, 0) is 108 Å². The summed E-state index contributed by atoms with van der Waals surface area (Å²) in [6, 6.07) is 42.9. The zero-order chi connectivity index (χ0) is 88.7. The number of isothiocyanates is 4. The van der Waals surface area contributed by atoms with Crippen LogP contribution in [-0.4, -0.2) is 119 Å². The molecule has 125 heavy (non-hydrogen) atoms. The van der Waals surface area contributed by atoms with E-state index < -0.39 is 17.9 Å². The Bertz CT molecular complexity index is 4870. The number of allylic oxidation sites excluding steroid dienone is 6. The van der Waals surface area contributed by atoms with Crippen LogP contribution in [-0.2, 0) is 179 Å². The maximum Gasteiger partial charge on any atom is 5.00 e. The van der Waals surface area contributed by atoms with Gasteiger partial charge in [0, 0.05) is 31.0 Å². The van der Waals surface area contributed by atoms with Gasteiger partial charge in [0.15, 0.2) is 0 Å². The number of nitriles is 8. The number of rotatable bonds is 11. The second-order valence-electron chi connectivity index (χ2n) is 18.4. The SMILES string of the molecule is C.C.C.C.C1=C[N-]B(c2cccc(-c3ccccn3)n2)C=C1.C1=C[N-]B(c2cccc(B3C=CC=C[N-]3)n2)C=C1.N#C[S-].N#C[S-].N#C[S-].N#C[S-].N#C[S-].N#C[S-].N#C[S-].N#C[S-].O=C(O)c1ccnc(-c2cc(C(=O)O)cc(-c3cc(C(=O)O)ccn3)n2)c1.[N-]=C=S.[N-]=C=S.[N-]=C=S.[N-]=C=S.[Ru+3].[Ru+3].[Ru+4].[Ru+5].c1ccc(-c2cccc(-c3ccccn3)n2)nc1. The number of pyridine rings is 9. The van der Waals surface area contributed by atoms with Gasteiger partial charge in [-0.3, -0.25) is 34.9 Å². The third-order valence-corrected chi connectivity index (χ3v) is 11.8. The average molecular weight is 2230 g/mol. The number of hydrogen-bond donors (Lipinski definition) is 3. The third kappa shape index (κ3) is 67.4. The minimum Gasteiger partial charge on any atom is -0.753 e. The van der Waals surface area contributed by atoms with E-state index in [1.165, 1.54) is 113 Å². The molecular weight excluding hydrogens is 2170 g/mol. The molecule has 49 heteroatoms. The van der Waals surface area contributed by atoms with Crippen LogP contribution in [0.25, 0.3) is 94.3 Å². The first-order chi connectivity index (χ1) is 56.6. The molecule has 633 valence electrons. The van der Waals surface area contributed by atoms with E-state index in [4.69, 9.17) is 73.9 Å². The van der Waals surface area contributed by atoms with Gasteiger partial charge in [0.05, 0.1) is 73.6 Å². The summed E-state index contributed by atoms with van der Waals surface area (Å²) >= 11 is 44.4. The van der Waals surface area contributed by atoms with E-state index in [-0.39, 0.29) is 168 Å². The molecule has 0 atom stereocenters. The fourth-order valence-corrected chi connectivity index (χ4v) is 7.90. The van der Waals surface area contributed by atoms with E-state index in [1.807, 2.05) is 176 Å². The topological polar surface area (TPSA) is 550 Å².